The van der Waals surface area contributed by atoms with Crippen LogP contribution in [0.15, 0.2) is 0 Å². The maximum Gasteiger partial charge on any atom is 0.306 e. The molecule has 0 aromatic carbocycles. The third-order valence-corrected chi connectivity index (χ3v) is 16.9. The molecule has 0 aliphatic rings. The summed E-state index contributed by atoms with van der Waals surface area (Å²) in [6.45, 7) is 9.16. The van der Waals surface area contributed by atoms with Crippen molar-refractivity contribution >= 4 is 17.9 Å². The topological polar surface area (TPSA) is 78.9 Å². The SMILES string of the molecule is CCCCCCCCCCCCCCCCCCCCCC(=O)OC[C@@H](COC(=O)CCCCCCCCCCCCCCCCCCCC)OC(=O)CCCCCCCCCCCCCCCCCCCCC(C)CC. The van der Waals surface area contributed by atoms with Crippen LogP contribution in [0.3, 0.4) is 0 Å². The zero-order chi connectivity index (χ0) is 55.8. The molecule has 0 fully saturated rings. The van der Waals surface area contributed by atoms with Crippen LogP contribution >= 0.6 is 0 Å². The Balaban J connectivity index is 4.27. The first-order valence-corrected chi connectivity index (χ1v) is 35.4. The van der Waals surface area contributed by atoms with E-state index in [0.717, 1.165) is 63.7 Å². The Bertz CT molecular complexity index is 1170. The third kappa shape index (κ3) is 63.5. The molecule has 0 saturated carbocycles. The minimum atomic E-state index is -0.764. The molecule has 0 radical (unpaired) electrons. The summed E-state index contributed by atoms with van der Waals surface area (Å²) in [6.07, 6.45) is 75.4. The molecular weight excluding hydrogens is 949 g/mol. The van der Waals surface area contributed by atoms with Crippen LogP contribution in [0.1, 0.15) is 413 Å². The summed E-state index contributed by atoms with van der Waals surface area (Å²) in [5.74, 6) is 0.0895. The number of rotatable bonds is 66. The lowest BCUT2D eigenvalue weighted by atomic mass is 9.99. The van der Waals surface area contributed by atoms with Crippen molar-refractivity contribution in [2.75, 3.05) is 13.2 Å². The van der Waals surface area contributed by atoms with E-state index in [9.17, 15) is 14.4 Å². The molecule has 1 unspecified atom stereocenters. The largest absolute Gasteiger partial charge is 0.462 e. The first kappa shape index (κ1) is 75.4. The fraction of sp³-hybridized carbons (Fsp3) is 0.958. The first-order valence-electron chi connectivity index (χ1n) is 35.4. The smallest absolute Gasteiger partial charge is 0.306 e. The average molecular weight is 1090 g/mol. The standard InChI is InChI=1S/C71H138O6/c1-5-8-10-12-14-16-18-20-22-24-26-31-35-39-43-47-51-55-59-63-70(73)76-66-68(65-75-69(72)62-58-54-50-46-42-38-34-30-25-23-21-19-17-15-13-11-9-6-2)77-71(74)64-60-56-52-48-44-40-36-32-28-27-29-33-37-41-45-49-53-57-61-67(4)7-3/h67-68H,5-66H2,1-4H3/t67?,68-/m1/s1. The van der Waals surface area contributed by atoms with Gasteiger partial charge in [0.05, 0.1) is 0 Å². The van der Waals surface area contributed by atoms with Crippen LogP contribution in [-0.2, 0) is 28.6 Å². The summed E-state index contributed by atoms with van der Waals surface area (Å²) in [5.41, 5.74) is 0. The van der Waals surface area contributed by atoms with E-state index in [0.29, 0.717) is 19.3 Å². The monoisotopic (exact) mass is 1090 g/mol. The van der Waals surface area contributed by atoms with Crippen molar-refractivity contribution in [3.63, 3.8) is 0 Å². The zero-order valence-corrected chi connectivity index (χ0v) is 52.9. The molecule has 0 N–H and O–H groups in total. The maximum atomic E-state index is 13.0. The highest BCUT2D eigenvalue weighted by Gasteiger charge is 2.20. The number of hydrogen-bond donors (Lipinski definition) is 0. The van der Waals surface area contributed by atoms with E-state index >= 15 is 0 Å². The number of ether oxygens (including phenoxy) is 3. The molecule has 0 bridgehead atoms. The molecule has 0 aliphatic carbocycles. The Hall–Kier alpha value is -1.59. The van der Waals surface area contributed by atoms with Gasteiger partial charge in [-0.25, -0.2) is 0 Å². The van der Waals surface area contributed by atoms with Crippen LogP contribution in [0.25, 0.3) is 0 Å². The molecule has 0 aliphatic heterocycles. The summed E-state index contributed by atoms with van der Waals surface area (Å²) in [5, 5.41) is 0. The Morgan fingerprint density at radius 1 is 0.260 bits per heavy atom. The molecule has 0 saturated heterocycles. The molecule has 0 spiro atoms. The third-order valence-electron chi connectivity index (χ3n) is 16.9. The van der Waals surface area contributed by atoms with Gasteiger partial charge in [-0.1, -0.05) is 374 Å². The molecule has 0 amide bonds. The number of hydrogen-bond acceptors (Lipinski definition) is 6. The van der Waals surface area contributed by atoms with Gasteiger partial charge in [0.1, 0.15) is 13.2 Å². The van der Waals surface area contributed by atoms with Gasteiger partial charge in [-0.2, -0.15) is 0 Å². The Morgan fingerprint density at radius 2 is 0.455 bits per heavy atom. The van der Waals surface area contributed by atoms with Crippen LogP contribution in [0, 0.1) is 5.92 Å². The molecule has 458 valence electrons. The highest BCUT2D eigenvalue weighted by molar-refractivity contribution is 5.71. The highest BCUT2D eigenvalue weighted by Crippen LogP contribution is 2.20. The van der Waals surface area contributed by atoms with Gasteiger partial charge in [-0.05, 0) is 25.2 Å². The van der Waals surface area contributed by atoms with Crippen molar-refractivity contribution in [3.05, 3.63) is 0 Å². The van der Waals surface area contributed by atoms with Gasteiger partial charge < -0.3 is 14.2 Å². The van der Waals surface area contributed by atoms with Gasteiger partial charge in [0, 0.05) is 19.3 Å². The molecule has 0 heterocycles. The molecule has 6 nitrogen and oxygen atoms in total. The first-order chi connectivity index (χ1) is 37.9. The zero-order valence-electron chi connectivity index (χ0n) is 52.9. The minimum Gasteiger partial charge on any atom is -0.462 e. The van der Waals surface area contributed by atoms with Gasteiger partial charge in [0.25, 0.3) is 0 Å². The van der Waals surface area contributed by atoms with Crippen LogP contribution < -0.4 is 0 Å². The molecule has 0 aromatic rings. The Morgan fingerprint density at radius 3 is 0.675 bits per heavy atom. The predicted octanol–water partition coefficient (Wildman–Crippen LogP) is 24.1. The van der Waals surface area contributed by atoms with Crippen LogP contribution in [0.4, 0.5) is 0 Å². The number of unbranched alkanes of at least 4 members (excludes halogenated alkanes) is 52. The van der Waals surface area contributed by atoms with Gasteiger partial charge in [0.15, 0.2) is 6.10 Å². The summed E-state index contributed by atoms with van der Waals surface area (Å²) in [6, 6.07) is 0. The fourth-order valence-corrected chi connectivity index (χ4v) is 11.2. The Kier molecular flexibility index (Phi) is 63.9. The molecular formula is C71H138O6. The van der Waals surface area contributed by atoms with Gasteiger partial charge in [-0.3, -0.25) is 14.4 Å². The molecule has 77 heavy (non-hydrogen) atoms. The normalized spacial score (nSPS) is 12.3. The second-order valence-electron chi connectivity index (χ2n) is 24.8. The second kappa shape index (κ2) is 65.2. The summed E-state index contributed by atoms with van der Waals surface area (Å²) in [7, 11) is 0. The van der Waals surface area contributed by atoms with Crippen molar-refractivity contribution < 1.29 is 28.6 Å². The van der Waals surface area contributed by atoms with Crippen molar-refractivity contribution in [3.8, 4) is 0 Å². The second-order valence-corrected chi connectivity index (χ2v) is 24.8. The van der Waals surface area contributed by atoms with Crippen LogP contribution in [0.5, 0.6) is 0 Å². The van der Waals surface area contributed by atoms with E-state index in [1.807, 2.05) is 0 Å². The van der Waals surface area contributed by atoms with E-state index in [4.69, 9.17) is 14.2 Å². The van der Waals surface area contributed by atoms with E-state index in [-0.39, 0.29) is 31.1 Å². The van der Waals surface area contributed by atoms with Crippen molar-refractivity contribution in [1.29, 1.82) is 0 Å². The summed E-state index contributed by atoms with van der Waals surface area (Å²) in [4.78, 5) is 38.5. The van der Waals surface area contributed by atoms with Crippen LogP contribution in [0.2, 0.25) is 0 Å². The van der Waals surface area contributed by atoms with Gasteiger partial charge in [0.2, 0.25) is 0 Å². The molecule has 6 heteroatoms. The van der Waals surface area contributed by atoms with E-state index < -0.39 is 6.10 Å². The molecule has 0 aromatic heterocycles. The maximum absolute atomic E-state index is 13.0. The van der Waals surface area contributed by atoms with Gasteiger partial charge in [-0.15, -0.1) is 0 Å². The van der Waals surface area contributed by atoms with E-state index in [2.05, 4.69) is 27.7 Å². The average Bonchev–Trinajstić information content (AvgIpc) is 3.43. The van der Waals surface area contributed by atoms with Crippen molar-refractivity contribution in [1.82, 2.24) is 0 Å². The summed E-state index contributed by atoms with van der Waals surface area (Å²) < 4.78 is 17.0. The van der Waals surface area contributed by atoms with Crippen LogP contribution in [-0.4, -0.2) is 37.2 Å². The number of carbonyl (C=O) groups excluding carboxylic acids is 3. The number of esters is 3. The lowest BCUT2D eigenvalue weighted by molar-refractivity contribution is -0.167. The molecule has 0 rings (SSSR count). The number of carbonyl (C=O) groups is 3. The van der Waals surface area contributed by atoms with Crippen molar-refractivity contribution in [2.45, 2.75) is 419 Å². The lowest BCUT2D eigenvalue weighted by Crippen LogP contribution is -2.30. The highest BCUT2D eigenvalue weighted by atomic mass is 16.6. The lowest BCUT2D eigenvalue weighted by Gasteiger charge is -2.18. The van der Waals surface area contributed by atoms with E-state index in [1.54, 1.807) is 0 Å². The quantitative estimate of drug-likeness (QED) is 0.0343. The predicted molar refractivity (Wildman–Crippen MR) is 335 cm³/mol. The van der Waals surface area contributed by atoms with Gasteiger partial charge >= 0.3 is 17.9 Å². The fourth-order valence-electron chi connectivity index (χ4n) is 11.2. The molecule has 2 atom stereocenters. The summed E-state index contributed by atoms with van der Waals surface area (Å²) >= 11 is 0. The van der Waals surface area contributed by atoms with E-state index in [1.165, 1.54) is 308 Å². The van der Waals surface area contributed by atoms with Crippen molar-refractivity contribution in [2.24, 2.45) is 5.92 Å². The minimum absolute atomic E-state index is 0.0605. The Labute approximate surface area is 482 Å².